The van der Waals surface area contributed by atoms with E-state index in [1.807, 2.05) is 18.2 Å². The lowest BCUT2D eigenvalue weighted by atomic mass is 9.85. The quantitative estimate of drug-likeness (QED) is 0.898. The maximum atomic E-state index is 6.16. The number of hydrogen-bond donors (Lipinski definition) is 1. The van der Waals surface area contributed by atoms with Gasteiger partial charge < -0.3 is 10.3 Å². The Morgan fingerprint density at radius 3 is 2.79 bits per heavy atom. The molecular weight excluding hydrogens is 238 g/mol. The Morgan fingerprint density at radius 2 is 2.00 bits per heavy atom. The van der Waals surface area contributed by atoms with Crippen LogP contribution >= 0.6 is 0 Å². The molecule has 0 aliphatic heterocycles. The third kappa shape index (κ3) is 2.40. The van der Waals surface area contributed by atoms with Gasteiger partial charge in [-0.1, -0.05) is 42.3 Å². The van der Waals surface area contributed by atoms with Gasteiger partial charge in [0.1, 0.15) is 0 Å². The number of rotatable bonds is 2. The van der Waals surface area contributed by atoms with E-state index in [0.29, 0.717) is 11.7 Å². The molecule has 1 aliphatic carbocycles. The largest absolute Gasteiger partial charge is 0.339 e. The minimum absolute atomic E-state index is 0.152. The van der Waals surface area contributed by atoms with Gasteiger partial charge in [-0.25, -0.2) is 0 Å². The zero-order chi connectivity index (χ0) is 13.2. The molecule has 3 rings (SSSR count). The van der Waals surface area contributed by atoms with E-state index in [0.717, 1.165) is 24.0 Å². The molecule has 1 heterocycles. The van der Waals surface area contributed by atoms with E-state index < -0.39 is 0 Å². The molecule has 1 fully saturated rings. The summed E-state index contributed by atoms with van der Waals surface area (Å²) in [4.78, 5) is 4.56. The van der Waals surface area contributed by atoms with E-state index in [4.69, 9.17) is 10.3 Å². The maximum absolute atomic E-state index is 6.16. The average molecular weight is 257 g/mol. The van der Waals surface area contributed by atoms with Gasteiger partial charge in [0.15, 0.2) is 0 Å². The molecule has 4 heteroatoms. The molecule has 0 spiro atoms. The first kappa shape index (κ1) is 12.4. The summed E-state index contributed by atoms with van der Waals surface area (Å²) in [7, 11) is 0. The van der Waals surface area contributed by atoms with Crippen molar-refractivity contribution in [3.05, 3.63) is 35.7 Å². The van der Waals surface area contributed by atoms with Crippen LogP contribution in [-0.2, 0) is 0 Å². The zero-order valence-corrected chi connectivity index (χ0v) is 11.2. The Labute approximate surface area is 113 Å². The minimum atomic E-state index is 0.152. The summed E-state index contributed by atoms with van der Waals surface area (Å²) in [6, 6.07) is 8.23. The van der Waals surface area contributed by atoms with Gasteiger partial charge in [-0.3, -0.25) is 0 Å². The second-order valence-corrected chi connectivity index (χ2v) is 5.33. The normalized spacial score (nSPS) is 23.5. The Hall–Kier alpha value is -1.68. The van der Waals surface area contributed by atoms with Crippen LogP contribution in [0.15, 0.2) is 28.8 Å². The first-order chi connectivity index (χ1) is 9.25. The van der Waals surface area contributed by atoms with Crippen LogP contribution in [0.1, 0.15) is 43.1 Å². The molecule has 1 aromatic heterocycles. The third-order valence-corrected chi connectivity index (χ3v) is 3.96. The summed E-state index contributed by atoms with van der Waals surface area (Å²) >= 11 is 0. The topological polar surface area (TPSA) is 64.9 Å². The van der Waals surface area contributed by atoms with Crippen molar-refractivity contribution in [2.45, 2.75) is 44.6 Å². The summed E-state index contributed by atoms with van der Waals surface area (Å²) in [5, 5.41) is 4.12. The number of hydrogen-bond acceptors (Lipinski definition) is 4. The van der Waals surface area contributed by atoms with E-state index in [-0.39, 0.29) is 12.0 Å². The summed E-state index contributed by atoms with van der Waals surface area (Å²) < 4.78 is 5.44. The minimum Gasteiger partial charge on any atom is -0.339 e. The lowest BCUT2D eigenvalue weighted by molar-refractivity contribution is 0.290. The molecular formula is C15H19N3O. The molecule has 2 atom stereocenters. The third-order valence-electron chi connectivity index (χ3n) is 3.96. The SMILES string of the molecule is Cc1ccccc1-c1noc(C2CCCCC2N)n1. The predicted molar refractivity (Wildman–Crippen MR) is 73.7 cm³/mol. The fourth-order valence-electron chi connectivity index (χ4n) is 2.79. The Balaban J connectivity index is 1.89. The first-order valence-corrected chi connectivity index (χ1v) is 6.91. The van der Waals surface area contributed by atoms with Crippen molar-refractivity contribution in [1.29, 1.82) is 0 Å². The van der Waals surface area contributed by atoms with E-state index in [1.165, 1.54) is 12.8 Å². The van der Waals surface area contributed by atoms with Gasteiger partial charge in [0, 0.05) is 11.6 Å². The van der Waals surface area contributed by atoms with Crippen LogP contribution in [-0.4, -0.2) is 16.2 Å². The average Bonchev–Trinajstić information content (AvgIpc) is 2.89. The second kappa shape index (κ2) is 5.13. The van der Waals surface area contributed by atoms with Gasteiger partial charge in [0.05, 0.1) is 5.92 Å². The van der Waals surface area contributed by atoms with Gasteiger partial charge in [0.2, 0.25) is 11.7 Å². The molecule has 0 saturated heterocycles. The molecule has 2 unspecified atom stereocenters. The zero-order valence-electron chi connectivity index (χ0n) is 11.2. The predicted octanol–water partition coefficient (Wildman–Crippen LogP) is 3.03. The van der Waals surface area contributed by atoms with Gasteiger partial charge >= 0.3 is 0 Å². The first-order valence-electron chi connectivity index (χ1n) is 6.91. The summed E-state index contributed by atoms with van der Waals surface area (Å²) in [6.45, 7) is 2.05. The number of aromatic nitrogens is 2. The maximum Gasteiger partial charge on any atom is 0.231 e. The van der Waals surface area contributed by atoms with Crippen LogP contribution in [0.25, 0.3) is 11.4 Å². The molecule has 100 valence electrons. The highest BCUT2D eigenvalue weighted by Crippen LogP contribution is 2.32. The van der Waals surface area contributed by atoms with Crippen molar-refractivity contribution >= 4 is 0 Å². The van der Waals surface area contributed by atoms with E-state index in [9.17, 15) is 0 Å². The van der Waals surface area contributed by atoms with Crippen molar-refractivity contribution < 1.29 is 4.52 Å². The van der Waals surface area contributed by atoms with E-state index in [2.05, 4.69) is 23.1 Å². The molecule has 0 radical (unpaired) electrons. The standard InChI is InChI=1S/C15H19N3O/c1-10-6-2-3-7-11(10)14-17-15(19-18-14)12-8-4-5-9-13(12)16/h2-3,6-7,12-13H,4-5,8-9,16H2,1H3. The fourth-order valence-corrected chi connectivity index (χ4v) is 2.79. The van der Waals surface area contributed by atoms with Crippen LogP contribution in [0, 0.1) is 6.92 Å². The van der Waals surface area contributed by atoms with Gasteiger partial charge in [0.25, 0.3) is 0 Å². The van der Waals surface area contributed by atoms with Crippen molar-refractivity contribution in [3.63, 3.8) is 0 Å². The van der Waals surface area contributed by atoms with Crippen molar-refractivity contribution in [2.24, 2.45) is 5.73 Å². The van der Waals surface area contributed by atoms with Crippen LogP contribution in [0.4, 0.5) is 0 Å². The molecule has 2 aromatic rings. The molecule has 1 aromatic carbocycles. The highest BCUT2D eigenvalue weighted by Gasteiger charge is 2.28. The fraction of sp³-hybridized carbons (Fsp3) is 0.467. The van der Waals surface area contributed by atoms with Crippen molar-refractivity contribution in [3.8, 4) is 11.4 Å². The van der Waals surface area contributed by atoms with Gasteiger partial charge in [-0.15, -0.1) is 0 Å². The van der Waals surface area contributed by atoms with Gasteiger partial charge in [-0.05, 0) is 25.3 Å². The van der Waals surface area contributed by atoms with Crippen molar-refractivity contribution in [1.82, 2.24) is 10.1 Å². The van der Waals surface area contributed by atoms with Crippen molar-refractivity contribution in [2.75, 3.05) is 0 Å². The number of nitrogens with two attached hydrogens (primary N) is 1. The van der Waals surface area contributed by atoms with E-state index >= 15 is 0 Å². The molecule has 4 nitrogen and oxygen atoms in total. The van der Waals surface area contributed by atoms with E-state index in [1.54, 1.807) is 0 Å². The van der Waals surface area contributed by atoms with Crippen LogP contribution in [0.5, 0.6) is 0 Å². The molecule has 0 amide bonds. The Morgan fingerprint density at radius 1 is 1.21 bits per heavy atom. The lowest BCUT2D eigenvalue weighted by Crippen LogP contribution is -2.31. The van der Waals surface area contributed by atoms with Crippen LogP contribution in [0.3, 0.4) is 0 Å². The molecule has 1 aliphatic rings. The summed E-state index contributed by atoms with van der Waals surface area (Å²) in [5.74, 6) is 1.59. The Bertz CT molecular complexity index is 564. The smallest absolute Gasteiger partial charge is 0.231 e. The highest BCUT2D eigenvalue weighted by molar-refractivity contribution is 5.59. The molecule has 2 N–H and O–H groups in total. The van der Waals surface area contributed by atoms with Gasteiger partial charge in [-0.2, -0.15) is 4.98 Å². The number of aryl methyl sites for hydroxylation is 1. The monoisotopic (exact) mass is 257 g/mol. The number of nitrogens with zero attached hydrogens (tertiary/aromatic N) is 2. The number of benzene rings is 1. The summed E-state index contributed by atoms with van der Waals surface area (Å²) in [5.41, 5.74) is 8.35. The molecule has 19 heavy (non-hydrogen) atoms. The Kier molecular flexibility index (Phi) is 3.34. The second-order valence-electron chi connectivity index (χ2n) is 5.33. The van der Waals surface area contributed by atoms with Crippen LogP contribution < -0.4 is 5.73 Å². The molecule has 0 bridgehead atoms. The highest BCUT2D eigenvalue weighted by atomic mass is 16.5. The molecule has 1 saturated carbocycles. The summed E-state index contributed by atoms with van der Waals surface area (Å²) in [6.07, 6.45) is 4.50. The van der Waals surface area contributed by atoms with Crippen LogP contribution in [0.2, 0.25) is 0 Å². The lowest BCUT2D eigenvalue weighted by Gasteiger charge is -2.25.